The van der Waals surface area contributed by atoms with E-state index in [2.05, 4.69) is 31.5 Å². The molecule has 11 heteroatoms. The monoisotopic (exact) mass is 676 g/mol. The van der Waals surface area contributed by atoms with Crippen molar-refractivity contribution in [2.75, 3.05) is 42.8 Å². The number of ether oxygens (including phenoxy) is 2. The van der Waals surface area contributed by atoms with Crippen molar-refractivity contribution in [1.29, 1.82) is 0 Å². The Kier molecular flexibility index (Phi) is 8.38. The van der Waals surface area contributed by atoms with E-state index in [0.29, 0.717) is 63.1 Å². The van der Waals surface area contributed by atoms with E-state index in [9.17, 15) is 14.4 Å². The van der Waals surface area contributed by atoms with Crippen molar-refractivity contribution in [1.82, 2.24) is 4.57 Å². The third-order valence-corrected chi connectivity index (χ3v) is 9.15. The maximum Gasteiger partial charge on any atom is 0.256 e. The predicted molar refractivity (Wildman–Crippen MR) is 175 cm³/mol. The zero-order valence-electron chi connectivity index (χ0n) is 24.1. The zero-order chi connectivity index (χ0) is 31.0. The van der Waals surface area contributed by atoms with Crippen LogP contribution in [0.2, 0.25) is 5.02 Å². The second kappa shape index (κ2) is 12.4. The van der Waals surface area contributed by atoms with Crippen molar-refractivity contribution in [2.24, 2.45) is 5.92 Å². The third-order valence-electron chi connectivity index (χ3n) is 8.17. The Morgan fingerprint density at radius 3 is 2.41 bits per heavy atom. The number of halogens is 2. The summed E-state index contributed by atoms with van der Waals surface area (Å²) in [5.41, 5.74) is 3.53. The number of fused-ring (bicyclic) bond motifs is 4. The van der Waals surface area contributed by atoms with E-state index in [0.717, 1.165) is 17.8 Å². The Balaban J connectivity index is 1.34. The van der Waals surface area contributed by atoms with Gasteiger partial charge >= 0.3 is 0 Å². The highest BCUT2D eigenvalue weighted by Crippen LogP contribution is 2.40. The van der Waals surface area contributed by atoms with Crippen molar-refractivity contribution in [3.05, 3.63) is 109 Å². The summed E-state index contributed by atoms with van der Waals surface area (Å²) < 4.78 is 13.2. The van der Waals surface area contributed by atoms with Crippen LogP contribution in [0.15, 0.2) is 82.1 Å². The van der Waals surface area contributed by atoms with Crippen molar-refractivity contribution >= 4 is 56.4 Å². The molecule has 3 aromatic carbocycles. The molecule has 0 radical (unpaired) electrons. The van der Waals surface area contributed by atoms with Gasteiger partial charge in [0.25, 0.3) is 17.4 Å². The predicted octanol–water partition coefficient (Wildman–Crippen LogP) is 6.41. The molecular weight excluding hydrogens is 648 g/mol. The second-order valence-corrected chi connectivity index (χ2v) is 12.2. The zero-order valence-corrected chi connectivity index (χ0v) is 26.4. The van der Waals surface area contributed by atoms with Gasteiger partial charge in [-0.3, -0.25) is 14.4 Å². The maximum absolute atomic E-state index is 13.5. The van der Waals surface area contributed by atoms with E-state index in [1.165, 1.54) is 14.2 Å². The lowest BCUT2D eigenvalue weighted by atomic mass is 9.83. The average molecular weight is 678 g/mol. The number of benzene rings is 3. The number of carbonyl (C=O) groups excluding carboxylic acids is 2. The molecule has 2 bridgehead atoms. The molecule has 2 aliphatic rings. The number of rotatable bonds is 7. The summed E-state index contributed by atoms with van der Waals surface area (Å²) in [6, 6.07) is 21.1. The van der Waals surface area contributed by atoms with Gasteiger partial charge in [0.2, 0.25) is 0 Å². The van der Waals surface area contributed by atoms with Crippen LogP contribution in [0.3, 0.4) is 0 Å². The quantitative estimate of drug-likeness (QED) is 0.235. The fourth-order valence-electron chi connectivity index (χ4n) is 6.13. The maximum atomic E-state index is 13.5. The van der Waals surface area contributed by atoms with Gasteiger partial charge in [-0.05, 0) is 70.7 Å². The van der Waals surface area contributed by atoms with E-state index in [4.69, 9.17) is 21.1 Å². The summed E-state index contributed by atoms with van der Waals surface area (Å²) in [7, 11) is 2.99. The summed E-state index contributed by atoms with van der Waals surface area (Å²) in [6.07, 6.45) is 0.991. The van der Waals surface area contributed by atoms with Crippen LogP contribution in [-0.2, 0) is 6.54 Å². The van der Waals surface area contributed by atoms with Gasteiger partial charge in [-0.2, -0.15) is 0 Å². The standard InChI is InChI=1S/C33H30BrClN4O5/c1-43-29-15-30(44-2)26(14-24(29)35)37-32(41)20-10-11-28(25(13-20)36-33(42)22-6-3-4-7-23(22)34)38-16-19-12-21(18-38)27-8-5-9-31(40)39(27)17-19/h3-11,13-15,19,21H,12,16-18H2,1-2H3,(H,36,42)(H,37,41). The molecule has 2 unspecified atom stereocenters. The molecule has 4 aromatic rings. The molecule has 3 heterocycles. The van der Waals surface area contributed by atoms with E-state index < -0.39 is 5.91 Å². The molecule has 1 fully saturated rings. The SMILES string of the molecule is COc1cc(OC)c(NC(=O)c2ccc(N3CC4CC(C3)c3cccc(=O)n3C4)c(NC(=O)c3ccccc3Br)c2)cc1Cl. The van der Waals surface area contributed by atoms with Crippen molar-refractivity contribution in [2.45, 2.75) is 18.9 Å². The molecule has 2 atom stereocenters. The first-order valence-electron chi connectivity index (χ1n) is 14.1. The number of piperidine rings is 1. The normalized spacial score (nSPS) is 17.0. The summed E-state index contributed by atoms with van der Waals surface area (Å²) >= 11 is 9.79. The highest BCUT2D eigenvalue weighted by atomic mass is 79.9. The minimum Gasteiger partial charge on any atom is -0.495 e. The summed E-state index contributed by atoms with van der Waals surface area (Å²) in [4.78, 5) is 41.8. The number of nitrogens with one attached hydrogen (secondary N) is 2. The number of pyridine rings is 1. The molecule has 226 valence electrons. The number of carbonyl (C=O) groups is 2. The Labute approximate surface area is 267 Å². The minimum absolute atomic E-state index is 0.0252. The molecule has 9 nitrogen and oxygen atoms in total. The highest BCUT2D eigenvalue weighted by Gasteiger charge is 2.35. The molecule has 2 amide bonds. The fourth-order valence-corrected chi connectivity index (χ4v) is 6.84. The lowest BCUT2D eigenvalue weighted by molar-refractivity contribution is 0.101. The van der Waals surface area contributed by atoms with Crippen LogP contribution in [0.4, 0.5) is 17.1 Å². The van der Waals surface area contributed by atoms with Crippen LogP contribution in [0.5, 0.6) is 11.5 Å². The van der Waals surface area contributed by atoms with Gasteiger partial charge in [0.1, 0.15) is 11.5 Å². The summed E-state index contributed by atoms with van der Waals surface area (Å²) in [6.45, 7) is 2.03. The van der Waals surface area contributed by atoms with E-state index in [-0.39, 0.29) is 23.3 Å². The molecule has 0 saturated carbocycles. The van der Waals surface area contributed by atoms with Gasteiger partial charge in [0, 0.05) is 53.4 Å². The van der Waals surface area contributed by atoms with E-state index in [1.807, 2.05) is 28.8 Å². The topological polar surface area (TPSA) is 102 Å². The summed E-state index contributed by atoms with van der Waals surface area (Å²) in [5.74, 6) is 0.520. The van der Waals surface area contributed by atoms with Crippen LogP contribution in [0, 0.1) is 5.92 Å². The second-order valence-electron chi connectivity index (χ2n) is 10.9. The number of aromatic nitrogens is 1. The van der Waals surface area contributed by atoms with Gasteiger partial charge in [-0.25, -0.2) is 0 Å². The molecule has 1 saturated heterocycles. The average Bonchev–Trinajstić information content (AvgIpc) is 3.02. The van der Waals surface area contributed by atoms with Crippen LogP contribution >= 0.6 is 27.5 Å². The molecule has 6 rings (SSSR count). The van der Waals surface area contributed by atoms with Gasteiger partial charge in [-0.1, -0.05) is 29.8 Å². The van der Waals surface area contributed by atoms with E-state index >= 15 is 0 Å². The van der Waals surface area contributed by atoms with Gasteiger partial charge in [0.05, 0.1) is 41.9 Å². The Hall–Kier alpha value is -4.28. The Morgan fingerprint density at radius 1 is 0.864 bits per heavy atom. The van der Waals surface area contributed by atoms with Crippen LogP contribution in [0.25, 0.3) is 0 Å². The minimum atomic E-state index is -0.406. The lowest BCUT2D eigenvalue weighted by Gasteiger charge is -2.44. The van der Waals surface area contributed by atoms with Crippen LogP contribution < -0.4 is 30.6 Å². The Bertz CT molecular complexity index is 1830. The van der Waals surface area contributed by atoms with Crippen molar-refractivity contribution in [3.63, 3.8) is 0 Å². The van der Waals surface area contributed by atoms with Gasteiger partial charge in [-0.15, -0.1) is 0 Å². The molecule has 1 aromatic heterocycles. The number of nitrogens with zero attached hydrogens (tertiary/aromatic N) is 2. The van der Waals surface area contributed by atoms with Gasteiger partial charge in [0.15, 0.2) is 0 Å². The first kappa shape index (κ1) is 29.8. The van der Waals surface area contributed by atoms with Crippen LogP contribution in [-0.4, -0.2) is 43.7 Å². The number of methoxy groups -OCH3 is 2. The number of hydrogen-bond acceptors (Lipinski definition) is 6. The first-order valence-corrected chi connectivity index (χ1v) is 15.3. The van der Waals surface area contributed by atoms with Crippen molar-refractivity contribution in [3.8, 4) is 11.5 Å². The number of amides is 2. The molecule has 2 aliphatic heterocycles. The largest absolute Gasteiger partial charge is 0.495 e. The van der Waals surface area contributed by atoms with Gasteiger partial charge < -0.3 is 29.6 Å². The fraction of sp³-hybridized carbons (Fsp3) is 0.242. The smallest absolute Gasteiger partial charge is 0.256 e. The molecule has 44 heavy (non-hydrogen) atoms. The first-order chi connectivity index (χ1) is 21.2. The lowest BCUT2D eigenvalue weighted by Crippen LogP contribution is -2.47. The third kappa shape index (κ3) is 5.79. The number of hydrogen-bond donors (Lipinski definition) is 2. The molecule has 2 N–H and O–H groups in total. The molecular formula is C33H30BrClN4O5. The molecule has 0 spiro atoms. The number of anilines is 3. The Morgan fingerprint density at radius 2 is 1.64 bits per heavy atom. The highest BCUT2D eigenvalue weighted by molar-refractivity contribution is 9.10. The van der Waals surface area contributed by atoms with Crippen molar-refractivity contribution < 1.29 is 19.1 Å². The van der Waals surface area contributed by atoms with E-state index in [1.54, 1.807) is 48.5 Å². The molecule has 0 aliphatic carbocycles. The summed E-state index contributed by atoms with van der Waals surface area (Å²) in [5, 5.41) is 6.24. The van der Waals surface area contributed by atoms with Crippen LogP contribution in [0.1, 0.15) is 38.7 Å².